The summed E-state index contributed by atoms with van der Waals surface area (Å²) in [7, 11) is 0. The van der Waals surface area contributed by atoms with Crippen molar-refractivity contribution in [3.05, 3.63) is 31.0 Å². The molecule has 4 nitrogen and oxygen atoms in total. The largest absolute Gasteiger partial charge is 1.00 e. The van der Waals surface area contributed by atoms with E-state index in [9.17, 15) is 12.9 Å². The predicted octanol–water partition coefficient (Wildman–Crippen LogP) is -2.28. The Kier molecular flexibility index (Phi) is 4.68. The maximum absolute atomic E-state index is 12.3. The van der Waals surface area contributed by atoms with Gasteiger partial charge < -0.3 is 12.9 Å². The second-order valence-electron chi connectivity index (χ2n) is 2.86. The molecule has 16 heavy (non-hydrogen) atoms. The van der Waals surface area contributed by atoms with Crippen molar-refractivity contribution in [2.24, 2.45) is 0 Å². The molecule has 78 valence electrons. The minimum absolute atomic E-state index is 0. The molecular weight excluding hydrogens is 247 g/mol. The average Bonchev–Trinajstić information content (AvgIpc) is 2.67. The van der Waals surface area contributed by atoms with Crippen molar-refractivity contribution in [1.82, 2.24) is 19.7 Å². The quantitative estimate of drug-likeness (QED) is 0.566. The summed E-state index contributed by atoms with van der Waals surface area (Å²) >= 11 is 0. The second-order valence-corrected chi connectivity index (χ2v) is 2.86. The third-order valence-corrected chi connectivity index (χ3v) is 1.78. The van der Waals surface area contributed by atoms with Crippen LogP contribution in [-0.4, -0.2) is 26.7 Å². The fraction of sp³-hybridized carbons (Fsp3) is 0. The summed E-state index contributed by atoms with van der Waals surface area (Å²) in [5, 5.41) is 3.57. The average molecular weight is 252 g/mol. The molecule has 0 aromatic carbocycles. The van der Waals surface area contributed by atoms with Crippen LogP contribution in [0.3, 0.4) is 0 Å². The van der Waals surface area contributed by atoms with E-state index in [0.29, 0.717) is 5.82 Å². The fourth-order valence-electron chi connectivity index (χ4n) is 1.05. The molecule has 2 aromatic heterocycles. The van der Waals surface area contributed by atoms with Gasteiger partial charge in [0.2, 0.25) is 0 Å². The molecule has 0 aliphatic rings. The Bertz CT molecular complexity index is 458. The second kappa shape index (κ2) is 5.41. The molecule has 0 radical (unpaired) electrons. The van der Waals surface area contributed by atoms with Crippen LogP contribution in [0.1, 0.15) is 0 Å². The SMILES string of the molecule is F[B-](F)(F)c1cnn(-c2ccncn2)c1.[K+]. The molecule has 0 spiro atoms. The van der Waals surface area contributed by atoms with Crippen molar-refractivity contribution in [3.63, 3.8) is 0 Å². The molecule has 0 unspecified atom stereocenters. The summed E-state index contributed by atoms with van der Waals surface area (Å²) in [6.45, 7) is -5.01. The van der Waals surface area contributed by atoms with Crippen LogP contribution < -0.4 is 56.8 Å². The van der Waals surface area contributed by atoms with Gasteiger partial charge in [-0.1, -0.05) is 5.46 Å². The Morgan fingerprint density at radius 3 is 2.50 bits per heavy atom. The number of hydrogen-bond donors (Lipinski definition) is 0. The number of hydrogen-bond acceptors (Lipinski definition) is 3. The maximum atomic E-state index is 12.3. The predicted molar refractivity (Wildman–Crippen MR) is 47.9 cm³/mol. The Labute approximate surface area is 132 Å². The zero-order valence-electron chi connectivity index (χ0n) is 8.39. The monoisotopic (exact) mass is 252 g/mol. The van der Waals surface area contributed by atoms with Gasteiger partial charge in [0.25, 0.3) is 0 Å². The smallest absolute Gasteiger partial charge is 0.445 e. The Hall–Kier alpha value is -0.219. The van der Waals surface area contributed by atoms with Crippen LogP contribution in [0.2, 0.25) is 0 Å². The molecule has 0 aliphatic heterocycles. The summed E-state index contributed by atoms with van der Waals surface area (Å²) in [6.07, 6.45) is 4.36. The van der Waals surface area contributed by atoms with Crippen molar-refractivity contribution in [1.29, 1.82) is 0 Å². The van der Waals surface area contributed by atoms with Crippen molar-refractivity contribution in [2.75, 3.05) is 0 Å². The molecule has 0 saturated carbocycles. The zero-order chi connectivity index (χ0) is 10.9. The molecule has 0 atom stereocenters. The zero-order valence-corrected chi connectivity index (χ0v) is 11.5. The first-order valence-electron chi connectivity index (χ1n) is 4.08. The normalized spacial score (nSPS) is 10.9. The van der Waals surface area contributed by atoms with E-state index in [2.05, 4.69) is 15.1 Å². The van der Waals surface area contributed by atoms with Gasteiger partial charge in [-0.25, -0.2) is 14.6 Å². The standard InChI is InChI=1S/C7H5BF3N4.K/c9-8(10,11)6-3-14-15(4-6)7-1-2-12-5-13-7;/h1-5H;/q-1;+1. The third-order valence-electron chi connectivity index (χ3n) is 1.78. The molecule has 0 bridgehead atoms. The Morgan fingerprint density at radius 1 is 1.25 bits per heavy atom. The van der Waals surface area contributed by atoms with Gasteiger partial charge in [0.15, 0.2) is 5.82 Å². The van der Waals surface area contributed by atoms with Crippen LogP contribution in [0, 0.1) is 0 Å². The van der Waals surface area contributed by atoms with Crippen LogP contribution in [0.15, 0.2) is 31.0 Å². The molecule has 2 heterocycles. The number of halogens is 3. The van der Waals surface area contributed by atoms with Gasteiger partial charge in [-0.2, -0.15) is 5.10 Å². The van der Waals surface area contributed by atoms with Crippen LogP contribution >= 0.6 is 0 Å². The van der Waals surface area contributed by atoms with Crippen LogP contribution in [-0.2, 0) is 0 Å². The van der Waals surface area contributed by atoms with Crippen LogP contribution in [0.5, 0.6) is 0 Å². The van der Waals surface area contributed by atoms with Gasteiger partial charge in [0.1, 0.15) is 6.33 Å². The van der Waals surface area contributed by atoms with E-state index in [1.807, 2.05) is 0 Å². The van der Waals surface area contributed by atoms with Crippen molar-refractivity contribution in [3.8, 4) is 5.82 Å². The molecule has 0 amide bonds. The molecule has 2 aromatic rings. The first kappa shape index (κ1) is 13.8. The van der Waals surface area contributed by atoms with Crippen molar-refractivity contribution in [2.45, 2.75) is 0 Å². The maximum Gasteiger partial charge on any atom is 1.00 e. The van der Waals surface area contributed by atoms with E-state index in [1.165, 1.54) is 18.6 Å². The topological polar surface area (TPSA) is 43.6 Å². The number of aromatic nitrogens is 4. The van der Waals surface area contributed by atoms with E-state index in [-0.39, 0.29) is 51.4 Å². The van der Waals surface area contributed by atoms with Crippen LogP contribution in [0.4, 0.5) is 12.9 Å². The minimum atomic E-state index is -5.01. The molecule has 0 N–H and O–H groups in total. The summed E-state index contributed by atoms with van der Waals surface area (Å²) < 4.78 is 37.9. The van der Waals surface area contributed by atoms with Gasteiger partial charge >= 0.3 is 58.4 Å². The summed E-state index contributed by atoms with van der Waals surface area (Å²) in [5.74, 6) is 0.302. The Balaban J connectivity index is 0.00000128. The molecule has 2 rings (SSSR count). The van der Waals surface area contributed by atoms with E-state index < -0.39 is 12.4 Å². The van der Waals surface area contributed by atoms with Crippen LogP contribution in [0.25, 0.3) is 5.82 Å². The first-order chi connectivity index (χ1) is 7.07. The van der Waals surface area contributed by atoms with Gasteiger partial charge in [-0.15, -0.1) is 0 Å². The van der Waals surface area contributed by atoms with Gasteiger partial charge in [-0.3, -0.25) is 0 Å². The summed E-state index contributed by atoms with van der Waals surface area (Å²) in [5.41, 5.74) is -0.742. The van der Waals surface area contributed by atoms with E-state index in [4.69, 9.17) is 0 Å². The third kappa shape index (κ3) is 3.14. The van der Waals surface area contributed by atoms with E-state index >= 15 is 0 Å². The number of rotatable bonds is 2. The first-order valence-corrected chi connectivity index (χ1v) is 4.08. The van der Waals surface area contributed by atoms with E-state index in [1.54, 1.807) is 0 Å². The molecule has 0 aliphatic carbocycles. The van der Waals surface area contributed by atoms with Gasteiger partial charge in [0, 0.05) is 24.7 Å². The van der Waals surface area contributed by atoms with Crippen molar-refractivity contribution < 1.29 is 64.3 Å². The van der Waals surface area contributed by atoms with Gasteiger partial charge in [0.05, 0.1) is 0 Å². The summed E-state index contributed by atoms with van der Waals surface area (Å²) in [6, 6.07) is 1.47. The molecule has 0 saturated heterocycles. The minimum Gasteiger partial charge on any atom is -0.445 e. The molecular formula is C7H5BF3KN4. The van der Waals surface area contributed by atoms with E-state index in [0.717, 1.165) is 17.1 Å². The molecule has 9 heteroatoms. The number of nitrogens with zero attached hydrogens (tertiary/aromatic N) is 4. The summed E-state index contributed by atoms with van der Waals surface area (Å²) in [4.78, 5) is 7.43. The van der Waals surface area contributed by atoms with Crippen molar-refractivity contribution >= 4 is 12.4 Å². The Morgan fingerprint density at radius 2 is 2.00 bits per heavy atom. The fourth-order valence-corrected chi connectivity index (χ4v) is 1.05. The molecule has 0 fully saturated rings. The van der Waals surface area contributed by atoms with Gasteiger partial charge in [-0.05, 0) is 0 Å².